The Bertz CT molecular complexity index is 399. The lowest BCUT2D eigenvalue weighted by molar-refractivity contribution is -0.145. The van der Waals surface area contributed by atoms with Crippen molar-refractivity contribution >= 4 is 17.9 Å². The molecule has 20 heavy (non-hydrogen) atoms. The molecular weight excluding hydrogens is 264 g/mol. The highest BCUT2D eigenvalue weighted by atomic mass is 16.5. The number of hydrogen-bond donors (Lipinski definition) is 2. The molecule has 0 aromatic carbocycles. The van der Waals surface area contributed by atoms with E-state index in [1.54, 1.807) is 0 Å². The monoisotopic (exact) mass is 284 g/mol. The Balaban J connectivity index is 2.74. The van der Waals surface area contributed by atoms with Crippen molar-refractivity contribution in [1.82, 2.24) is 0 Å². The molecule has 1 fully saturated rings. The number of ether oxygens (including phenoxy) is 1. The predicted molar refractivity (Wildman–Crippen MR) is 70.2 cm³/mol. The maximum Gasteiger partial charge on any atom is 0.333 e. The first-order valence-electron chi connectivity index (χ1n) is 6.73. The Labute approximate surface area is 117 Å². The van der Waals surface area contributed by atoms with Crippen molar-refractivity contribution in [3.63, 3.8) is 0 Å². The molecule has 0 aromatic heterocycles. The maximum atomic E-state index is 11.9. The van der Waals surface area contributed by atoms with Crippen LogP contribution in [0.1, 0.15) is 51.9 Å². The van der Waals surface area contributed by atoms with Crippen molar-refractivity contribution in [3.8, 4) is 0 Å². The standard InChI is InChI=1S/C14H20O6/c1-9(10(7-12(15)16)8-13(17)18)14(19)20-11-5-3-2-4-6-11/h11H,2-8H2,1H3,(H,15,16)(H,17,18). The van der Waals surface area contributed by atoms with Crippen LogP contribution in [0.25, 0.3) is 0 Å². The highest BCUT2D eigenvalue weighted by molar-refractivity contribution is 5.91. The molecule has 0 aliphatic heterocycles. The maximum absolute atomic E-state index is 11.9. The lowest BCUT2D eigenvalue weighted by atomic mass is 9.97. The minimum absolute atomic E-state index is 0.0887. The highest BCUT2D eigenvalue weighted by Crippen LogP contribution is 2.22. The molecular formula is C14H20O6. The lowest BCUT2D eigenvalue weighted by Crippen LogP contribution is -2.22. The van der Waals surface area contributed by atoms with Crippen LogP contribution in [-0.4, -0.2) is 34.2 Å². The number of aliphatic carboxylic acids is 2. The first kappa shape index (κ1) is 16.2. The Morgan fingerprint density at radius 2 is 1.50 bits per heavy atom. The topological polar surface area (TPSA) is 101 Å². The van der Waals surface area contributed by atoms with E-state index in [-0.39, 0.29) is 17.3 Å². The molecule has 0 aromatic rings. The smallest absolute Gasteiger partial charge is 0.333 e. The van der Waals surface area contributed by atoms with E-state index in [9.17, 15) is 14.4 Å². The second-order valence-corrected chi connectivity index (χ2v) is 5.03. The number of carbonyl (C=O) groups is 3. The lowest BCUT2D eigenvalue weighted by Gasteiger charge is -2.22. The summed E-state index contributed by atoms with van der Waals surface area (Å²) in [5.41, 5.74) is 0.186. The van der Waals surface area contributed by atoms with Gasteiger partial charge in [-0.25, -0.2) is 4.79 Å². The van der Waals surface area contributed by atoms with Gasteiger partial charge in [0.25, 0.3) is 0 Å². The third-order valence-corrected chi connectivity index (χ3v) is 3.39. The van der Waals surface area contributed by atoms with Gasteiger partial charge in [-0.3, -0.25) is 9.59 Å². The molecule has 1 rings (SSSR count). The number of carboxylic acids is 2. The fraction of sp³-hybridized carbons (Fsp3) is 0.643. The van der Waals surface area contributed by atoms with Crippen LogP contribution in [0.2, 0.25) is 0 Å². The summed E-state index contributed by atoms with van der Waals surface area (Å²) in [5.74, 6) is -2.92. The number of rotatable bonds is 6. The van der Waals surface area contributed by atoms with Crippen LogP contribution in [0.3, 0.4) is 0 Å². The molecule has 0 bridgehead atoms. The van der Waals surface area contributed by atoms with E-state index >= 15 is 0 Å². The third-order valence-electron chi connectivity index (χ3n) is 3.39. The molecule has 0 heterocycles. The molecule has 6 nitrogen and oxygen atoms in total. The summed E-state index contributed by atoms with van der Waals surface area (Å²) < 4.78 is 5.31. The van der Waals surface area contributed by atoms with Crippen molar-refractivity contribution in [2.45, 2.75) is 58.0 Å². The van der Waals surface area contributed by atoms with Gasteiger partial charge in [-0.15, -0.1) is 0 Å². The van der Waals surface area contributed by atoms with Gasteiger partial charge in [0.2, 0.25) is 0 Å². The van der Waals surface area contributed by atoms with E-state index in [1.807, 2.05) is 0 Å². The van der Waals surface area contributed by atoms with E-state index in [1.165, 1.54) is 6.92 Å². The molecule has 0 radical (unpaired) electrons. The van der Waals surface area contributed by atoms with Gasteiger partial charge in [0.05, 0.1) is 12.8 Å². The van der Waals surface area contributed by atoms with Gasteiger partial charge < -0.3 is 14.9 Å². The van der Waals surface area contributed by atoms with Crippen molar-refractivity contribution in [2.24, 2.45) is 0 Å². The molecule has 0 spiro atoms. The summed E-state index contributed by atoms with van der Waals surface area (Å²) >= 11 is 0. The Morgan fingerprint density at radius 3 is 1.95 bits per heavy atom. The molecule has 112 valence electrons. The second kappa shape index (κ2) is 7.67. The van der Waals surface area contributed by atoms with Gasteiger partial charge in [0.1, 0.15) is 6.10 Å². The van der Waals surface area contributed by atoms with Gasteiger partial charge in [0, 0.05) is 5.57 Å². The summed E-state index contributed by atoms with van der Waals surface area (Å²) in [6.45, 7) is 1.42. The molecule has 1 saturated carbocycles. The summed E-state index contributed by atoms with van der Waals surface area (Å²) in [6, 6.07) is 0. The van der Waals surface area contributed by atoms with E-state index in [4.69, 9.17) is 14.9 Å². The Hall–Kier alpha value is -1.85. The molecule has 0 atom stereocenters. The van der Waals surface area contributed by atoms with Crippen LogP contribution < -0.4 is 0 Å². The minimum atomic E-state index is -1.16. The molecule has 1 aliphatic carbocycles. The average Bonchev–Trinajstić information content (AvgIpc) is 2.37. The summed E-state index contributed by atoms with van der Waals surface area (Å²) in [6.07, 6.45) is 3.72. The quantitative estimate of drug-likeness (QED) is 0.572. The van der Waals surface area contributed by atoms with E-state index in [0.717, 1.165) is 32.1 Å². The van der Waals surface area contributed by atoms with Crippen LogP contribution >= 0.6 is 0 Å². The zero-order valence-electron chi connectivity index (χ0n) is 11.6. The van der Waals surface area contributed by atoms with Crippen LogP contribution in [-0.2, 0) is 19.1 Å². The summed E-state index contributed by atoms with van der Waals surface area (Å²) in [5, 5.41) is 17.5. The van der Waals surface area contributed by atoms with E-state index in [0.29, 0.717) is 0 Å². The first-order valence-corrected chi connectivity index (χ1v) is 6.73. The first-order chi connectivity index (χ1) is 9.40. The van der Waals surface area contributed by atoms with Gasteiger partial charge >= 0.3 is 17.9 Å². The van der Waals surface area contributed by atoms with Crippen molar-refractivity contribution in [2.75, 3.05) is 0 Å². The molecule has 1 aliphatic rings. The van der Waals surface area contributed by atoms with Gasteiger partial charge in [-0.05, 0) is 38.2 Å². The van der Waals surface area contributed by atoms with Gasteiger partial charge in [-0.1, -0.05) is 6.42 Å². The largest absolute Gasteiger partial charge is 0.481 e. The van der Waals surface area contributed by atoms with Gasteiger partial charge in [0.15, 0.2) is 0 Å². The SMILES string of the molecule is CC(C(=O)OC1CCCCC1)=C(CC(=O)O)CC(=O)O. The molecule has 0 saturated heterocycles. The van der Waals surface area contributed by atoms with Crippen molar-refractivity contribution in [1.29, 1.82) is 0 Å². The normalized spacial score (nSPS) is 15.4. The van der Waals surface area contributed by atoms with Crippen molar-refractivity contribution in [3.05, 3.63) is 11.1 Å². The minimum Gasteiger partial charge on any atom is -0.481 e. The third kappa shape index (κ3) is 5.42. The number of esters is 1. The number of carbonyl (C=O) groups excluding carboxylic acids is 1. The van der Waals surface area contributed by atoms with E-state index in [2.05, 4.69) is 0 Å². The van der Waals surface area contributed by atoms with Crippen LogP contribution in [0.15, 0.2) is 11.1 Å². The fourth-order valence-corrected chi connectivity index (χ4v) is 2.26. The summed E-state index contributed by atoms with van der Waals surface area (Å²) in [7, 11) is 0. The highest BCUT2D eigenvalue weighted by Gasteiger charge is 2.22. The number of carboxylic acid groups (broad SMARTS) is 2. The zero-order valence-corrected chi connectivity index (χ0v) is 11.6. The Kier molecular flexibility index (Phi) is 6.21. The average molecular weight is 284 g/mol. The van der Waals surface area contributed by atoms with Crippen LogP contribution in [0.4, 0.5) is 0 Å². The fourth-order valence-electron chi connectivity index (χ4n) is 2.26. The van der Waals surface area contributed by atoms with E-state index < -0.39 is 30.7 Å². The van der Waals surface area contributed by atoms with Crippen LogP contribution in [0, 0.1) is 0 Å². The second-order valence-electron chi connectivity index (χ2n) is 5.03. The Morgan fingerprint density at radius 1 is 1.00 bits per heavy atom. The molecule has 6 heteroatoms. The van der Waals surface area contributed by atoms with Gasteiger partial charge in [-0.2, -0.15) is 0 Å². The molecule has 0 amide bonds. The zero-order chi connectivity index (χ0) is 15.1. The molecule has 0 unspecified atom stereocenters. The molecule has 2 N–H and O–H groups in total. The predicted octanol–water partition coefficient (Wildman–Crippen LogP) is 2.13. The van der Waals surface area contributed by atoms with Crippen LogP contribution in [0.5, 0.6) is 0 Å². The summed E-state index contributed by atoms with van der Waals surface area (Å²) in [4.78, 5) is 33.4. The van der Waals surface area contributed by atoms with Crippen molar-refractivity contribution < 1.29 is 29.3 Å². The number of hydrogen-bond acceptors (Lipinski definition) is 4.